The van der Waals surface area contributed by atoms with Gasteiger partial charge in [0.1, 0.15) is 11.9 Å². The first-order valence-corrected chi connectivity index (χ1v) is 5.69. The third-order valence-electron chi connectivity index (χ3n) is 3.07. The summed E-state index contributed by atoms with van der Waals surface area (Å²) in [6.45, 7) is 2.24. The summed E-state index contributed by atoms with van der Waals surface area (Å²) in [4.78, 5) is 17.2. The lowest BCUT2D eigenvalue weighted by Gasteiger charge is -2.32. The minimum atomic E-state index is -0.815. The molecule has 1 atom stereocenters. The number of rotatable bonds is 4. The molecule has 94 valence electrons. The summed E-state index contributed by atoms with van der Waals surface area (Å²) < 4.78 is 7.15. The van der Waals surface area contributed by atoms with Crippen LogP contribution in [0.15, 0.2) is 12.4 Å². The molecular formula is C11H17N3O3. The lowest BCUT2D eigenvalue weighted by atomic mass is 10.2. The Morgan fingerprint density at radius 2 is 2.53 bits per heavy atom. The van der Waals surface area contributed by atoms with Crippen molar-refractivity contribution in [2.45, 2.75) is 12.5 Å². The highest BCUT2D eigenvalue weighted by Gasteiger charge is 2.28. The summed E-state index contributed by atoms with van der Waals surface area (Å²) >= 11 is 0. The second-order valence-electron chi connectivity index (χ2n) is 4.17. The van der Waals surface area contributed by atoms with Crippen LogP contribution in [0, 0.1) is 0 Å². The molecule has 6 nitrogen and oxygen atoms in total. The van der Waals surface area contributed by atoms with E-state index in [2.05, 4.69) is 4.98 Å². The van der Waals surface area contributed by atoms with Crippen LogP contribution in [0.1, 0.15) is 5.82 Å². The van der Waals surface area contributed by atoms with Crippen molar-refractivity contribution in [3.05, 3.63) is 18.2 Å². The Kier molecular flexibility index (Phi) is 3.75. The first kappa shape index (κ1) is 12.1. The van der Waals surface area contributed by atoms with Gasteiger partial charge in [-0.2, -0.15) is 0 Å². The Morgan fingerprint density at radius 3 is 3.18 bits per heavy atom. The third kappa shape index (κ3) is 2.83. The van der Waals surface area contributed by atoms with E-state index in [0.29, 0.717) is 19.7 Å². The summed E-state index contributed by atoms with van der Waals surface area (Å²) in [5.74, 6) is 0.158. The Bertz CT molecular complexity index is 391. The zero-order chi connectivity index (χ0) is 12.3. The third-order valence-corrected chi connectivity index (χ3v) is 3.07. The maximum atomic E-state index is 11.1. The molecule has 0 aliphatic carbocycles. The summed E-state index contributed by atoms with van der Waals surface area (Å²) in [7, 11) is 1.94. The van der Waals surface area contributed by atoms with E-state index in [1.807, 2.05) is 22.7 Å². The maximum Gasteiger partial charge on any atom is 0.323 e. The molecule has 17 heavy (non-hydrogen) atoms. The van der Waals surface area contributed by atoms with E-state index in [4.69, 9.17) is 9.84 Å². The highest BCUT2D eigenvalue weighted by atomic mass is 16.5. The van der Waals surface area contributed by atoms with Crippen LogP contribution in [0.3, 0.4) is 0 Å². The van der Waals surface area contributed by atoms with Gasteiger partial charge in [-0.1, -0.05) is 0 Å². The van der Waals surface area contributed by atoms with Gasteiger partial charge in [-0.3, -0.25) is 9.69 Å². The highest BCUT2D eigenvalue weighted by Crippen LogP contribution is 2.08. The predicted molar refractivity (Wildman–Crippen MR) is 60.7 cm³/mol. The monoisotopic (exact) mass is 239 g/mol. The first-order chi connectivity index (χ1) is 8.18. The van der Waals surface area contributed by atoms with Crippen molar-refractivity contribution in [3.63, 3.8) is 0 Å². The number of nitrogens with zero attached hydrogens (tertiary/aromatic N) is 3. The van der Waals surface area contributed by atoms with Gasteiger partial charge in [-0.05, 0) is 0 Å². The Morgan fingerprint density at radius 1 is 1.71 bits per heavy atom. The Hall–Kier alpha value is -1.40. The molecule has 1 fully saturated rings. The summed E-state index contributed by atoms with van der Waals surface area (Å²) in [5.41, 5.74) is 0. The molecule has 6 heteroatoms. The van der Waals surface area contributed by atoms with Crippen LogP contribution in [0.5, 0.6) is 0 Å². The minimum Gasteiger partial charge on any atom is -0.480 e. The molecule has 1 saturated heterocycles. The average Bonchev–Trinajstić information content (AvgIpc) is 2.72. The van der Waals surface area contributed by atoms with Gasteiger partial charge in [0.25, 0.3) is 0 Å². The van der Waals surface area contributed by atoms with Crippen LogP contribution in [-0.4, -0.2) is 57.9 Å². The smallest absolute Gasteiger partial charge is 0.323 e. The molecule has 1 N–H and O–H groups in total. The zero-order valence-electron chi connectivity index (χ0n) is 9.87. The molecule has 2 rings (SSSR count). The predicted octanol–water partition coefficient (Wildman–Crippen LogP) is -0.252. The summed E-state index contributed by atoms with van der Waals surface area (Å²) in [6.07, 6.45) is 4.40. The maximum absolute atomic E-state index is 11.1. The van der Waals surface area contributed by atoms with Crippen molar-refractivity contribution in [2.75, 3.05) is 26.3 Å². The van der Waals surface area contributed by atoms with Crippen molar-refractivity contribution in [3.8, 4) is 0 Å². The molecule has 0 bridgehead atoms. The fourth-order valence-corrected chi connectivity index (χ4v) is 2.01. The summed E-state index contributed by atoms with van der Waals surface area (Å²) in [6, 6.07) is -0.524. The molecule has 1 unspecified atom stereocenters. The molecule has 1 aromatic heterocycles. The van der Waals surface area contributed by atoms with E-state index < -0.39 is 12.0 Å². The highest BCUT2D eigenvalue weighted by molar-refractivity contribution is 5.73. The van der Waals surface area contributed by atoms with Gasteiger partial charge in [0, 0.05) is 39.0 Å². The lowest BCUT2D eigenvalue weighted by molar-refractivity contribution is -0.149. The van der Waals surface area contributed by atoms with Crippen LogP contribution in [-0.2, 0) is 23.0 Å². The minimum absolute atomic E-state index is 0.274. The largest absolute Gasteiger partial charge is 0.480 e. The van der Waals surface area contributed by atoms with Crippen molar-refractivity contribution in [1.82, 2.24) is 14.5 Å². The normalized spacial score (nSPS) is 21.6. The number of morpholine rings is 1. The van der Waals surface area contributed by atoms with Crippen LogP contribution in [0.4, 0.5) is 0 Å². The lowest BCUT2D eigenvalue weighted by Crippen LogP contribution is -2.50. The second-order valence-corrected chi connectivity index (χ2v) is 4.17. The van der Waals surface area contributed by atoms with E-state index >= 15 is 0 Å². The number of hydrogen-bond acceptors (Lipinski definition) is 4. The van der Waals surface area contributed by atoms with Gasteiger partial charge in [0.2, 0.25) is 0 Å². The number of aromatic nitrogens is 2. The number of carboxylic acid groups (broad SMARTS) is 1. The molecule has 0 spiro atoms. The van der Waals surface area contributed by atoms with Gasteiger partial charge in [0.05, 0.1) is 13.2 Å². The number of aliphatic carboxylic acids is 1. The molecule has 1 aromatic rings. The molecule has 0 radical (unpaired) electrons. The van der Waals surface area contributed by atoms with Crippen LogP contribution >= 0.6 is 0 Å². The van der Waals surface area contributed by atoms with Crippen LogP contribution in [0.2, 0.25) is 0 Å². The standard InChI is InChI=1S/C11H17N3O3/c1-13-5-3-12-10(13)2-4-14-6-7-17-8-9(14)11(15)16/h3,5,9H,2,4,6-8H2,1H3,(H,15,16). The Balaban J connectivity index is 1.92. The fourth-order valence-electron chi connectivity index (χ4n) is 2.01. The quantitative estimate of drug-likeness (QED) is 0.784. The number of hydrogen-bond donors (Lipinski definition) is 1. The number of aryl methyl sites for hydroxylation is 1. The SMILES string of the molecule is Cn1ccnc1CCN1CCOCC1C(=O)O. The van der Waals surface area contributed by atoms with Crippen molar-refractivity contribution in [1.29, 1.82) is 0 Å². The summed E-state index contributed by atoms with van der Waals surface area (Å²) in [5, 5.41) is 9.08. The molecule has 0 aromatic carbocycles. The molecule has 1 aliphatic heterocycles. The van der Waals surface area contributed by atoms with Crippen LogP contribution < -0.4 is 0 Å². The number of carbonyl (C=O) groups is 1. The van der Waals surface area contributed by atoms with Gasteiger partial charge >= 0.3 is 5.97 Å². The Labute approximate surface area is 99.8 Å². The van der Waals surface area contributed by atoms with E-state index in [-0.39, 0.29) is 6.61 Å². The van der Waals surface area contributed by atoms with Crippen molar-refractivity contribution < 1.29 is 14.6 Å². The zero-order valence-corrected chi connectivity index (χ0v) is 9.87. The molecule has 0 saturated carbocycles. The van der Waals surface area contributed by atoms with Gasteiger partial charge in [0.15, 0.2) is 0 Å². The average molecular weight is 239 g/mol. The van der Waals surface area contributed by atoms with E-state index in [1.165, 1.54) is 0 Å². The molecular weight excluding hydrogens is 222 g/mol. The van der Waals surface area contributed by atoms with Gasteiger partial charge in [-0.25, -0.2) is 4.98 Å². The van der Waals surface area contributed by atoms with Crippen LogP contribution in [0.25, 0.3) is 0 Å². The molecule has 0 amide bonds. The fraction of sp³-hybridized carbons (Fsp3) is 0.636. The van der Waals surface area contributed by atoms with Crippen molar-refractivity contribution >= 4 is 5.97 Å². The van der Waals surface area contributed by atoms with E-state index in [9.17, 15) is 4.79 Å². The van der Waals surface area contributed by atoms with E-state index in [1.54, 1.807) is 6.20 Å². The topological polar surface area (TPSA) is 67.6 Å². The van der Waals surface area contributed by atoms with Gasteiger partial charge < -0.3 is 14.4 Å². The molecule has 2 heterocycles. The number of carboxylic acids is 1. The van der Waals surface area contributed by atoms with E-state index in [0.717, 1.165) is 12.2 Å². The first-order valence-electron chi connectivity index (χ1n) is 5.69. The van der Waals surface area contributed by atoms with Gasteiger partial charge in [-0.15, -0.1) is 0 Å². The van der Waals surface area contributed by atoms with Crippen molar-refractivity contribution in [2.24, 2.45) is 7.05 Å². The second kappa shape index (κ2) is 5.29. The number of ether oxygens (including phenoxy) is 1. The number of imidazole rings is 1. The molecule has 1 aliphatic rings.